The maximum Gasteiger partial charge on any atom is 0.427 e. The summed E-state index contributed by atoms with van der Waals surface area (Å²) in [5, 5.41) is 0. The summed E-state index contributed by atoms with van der Waals surface area (Å²) in [6.45, 7) is 10.2. The Morgan fingerprint density at radius 1 is 1.04 bits per heavy atom. The third kappa shape index (κ3) is 5.73. The molecule has 1 aromatic heterocycles. The third-order valence-electron chi connectivity index (χ3n) is 3.12. The Bertz CT molecular complexity index is 803. The lowest BCUT2D eigenvalue weighted by atomic mass is 10.1. The highest BCUT2D eigenvalue weighted by Crippen LogP contribution is 2.24. The van der Waals surface area contributed by atoms with Crippen molar-refractivity contribution in [2.45, 2.75) is 52.7 Å². The minimum atomic E-state index is -0.884. The number of anilines is 2. The third-order valence-corrected chi connectivity index (χ3v) is 3.12. The second kappa shape index (κ2) is 7.30. The lowest BCUT2D eigenvalue weighted by Gasteiger charge is -2.27. The number of aromatic nitrogens is 2. The molecule has 8 heteroatoms. The number of nitrogens with two attached hydrogens (primary N) is 1. The molecule has 0 unspecified atom stereocenters. The van der Waals surface area contributed by atoms with E-state index in [9.17, 15) is 9.59 Å². The van der Waals surface area contributed by atoms with Gasteiger partial charge in [-0.05, 0) is 53.7 Å². The van der Waals surface area contributed by atoms with Crippen LogP contribution in [0.2, 0.25) is 0 Å². The molecule has 1 aromatic carbocycles. The van der Waals surface area contributed by atoms with E-state index in [1.165, 1.54) is 6.20 Å². The quantitative estimate of drug-likeness (QED) is 0.757. The van der Waals surface area contributed by atoms with Gasteiger partial charge in [0.1, 0.15) is 11.2 Å². The molecular weight excluding hydrogens is 348 g/mol. The number of ether oxygens (including phenoxy) is 2. The minimum absolute atomic E-state index is 0.00377. The number of hydrogen-bond donors (Lipinski definition) is 2. The van der Waals surface area contributed by atoms with E-state index in [0.717, 1.165) is 10.5 Å². The maximum absolute atomic E-state index is 12.6. The van der Waals surface area contributed by atoms with Gasteiger partial charge in [-0.15, -0.1) is 4.90 Å². The van der Waals surface area contributed by atoms with Crippen LogP contribution >= 0.6 is 0 Å². The first kappa shape index (κ1) is 20.3. The molecule has 0 spiro atoms. The highest BCUT2D eigenvalue weighted by molar-refractivity contribution is 6.08. The molecule has 0 radical (unpaired) electrons. The summed E-state index contributed by atoms with van der Waals surface area (Å²) in [7, 11) is 0. The summed E-state index contributed by atoms with van der Waals surface area (Å²) < 4.78 is 10.7. The summed E-state index contributed by atoms with van der Waals surface area (Å²) in [6, 6.07) is 7.14. The zero-order chi connectivity index (χ0) is 20.4. The molecule has 0 bridgehead atoms. The van der Waals surface area contributed by atoms with Crippen LogP contribution in [0.3, 0.4) is 0 Å². The Morgan fingerprint density at radius 3 is 2.07 bits per heavy atom. The van der Waals surface area contributed by atoms with Crippen LogP contribution in [-0.4, -0.2) is 33.4 Å². The van der Waals surface area contributed by atoms with Gasteiger partial charge < -0.3 is 20.2 Å². The Morgan fingerprint density at radius 2 is 1.59 bits per heavy atom. The molecule has 0 fully saturated rings. The van der Waals surface area contributed by atoms with Gasteiger partial charge in [0.15, 0.2) is 0 Å². The molecular formula is C19H26N4O4. The molecule has 1 heterocycles. The van der Waals surface area contributed by atoms with Crippen LogP contribution in [0.1, 0.15) is 41.5 Å². The number of nitrogens with zero attached hydrogens (tertiary/aromatic N) is 2. The average Bonchev–Trinajstić information content (AvgIpc) is 2.92. The number of benzene rings is 1. The van der Waals surface area contributed by atoms with Crippen molar-refractivity contribution in [1.29, 1.82) is 0 Å². The number of carbonyl (C=O) groups is 2. The number of aromatic amines is 1. The van der Waals surface area contributed by atoms with Gasteiger partial charge in [-0.3, -0.25) is 0 Å². The number of rotatable bonds is 2. The van der Waals surface area contributed by atoms with Crippen LogP contribution < -0.4 is 10.6 Å². The Labute approximate surface area is 158 Å². The first-order chi connectivity index (χ1) is 12.4. The van der Waals surface area contributed by atoms with Gasteiger partial charge in [-0.25, -0.2) is 14.6 Å². The Kier molecular flexibility index (Phi) is 5.48. The second-order valence-corrected chi connectivity index (χ2v) is 8.04. The Hall–Kier alpha value is -3.03. The van der Waals surface area contributed by atoms with Gasteiger partial charge >= 0.3 is 12.2 Å². The highest BCUT2D eigenvalue weighted by Gasteiger charge is 2.34. The number of carbonyl (C=O) groups excluding carboxylic acids is 2. The van der Waals surface area contributed by atoms with E-state index in [1.54, 1.807) is 59.7 Å². The summed E-state index contributed by atoms with van der Waals surface area (Å²) in [5.41, 5.74) is 6.16. The molecule has 146 valence electrons. The fourth-order valence-corrected chi connectivity index (χ4v) is 2.14. The van der Waals surface area contributed by atoms with E-state index in [2.05, 4.69) is 9.97 Å². The lowest BCUT2D eigenvalue weighted by molar-refractivity contribution is 0.0427. The van der Waals surface area contributed by atoms with Gasteiger partial charge in [-0.2, -0.15) is 0 Å². The normalized spacial score (nSPS) is 11.8. The van der Waals surface area contributed by atoms with E-state index in [-0.39, 0.29) is 5.95 Å². The number of hydrogen-bond acceptors (Lipinski definition) is 6. The van der Waals surface area contributed by atoms with Crippen molar-refractivity contribution in [3.05, 3.63) is 30.5 Å². The van der Waals surface area contributed by atoms with Crippen LogP contribution in [0.25, 0.3) is 11.3 Å². The number of amides is 2. The van der Waals surface area contributed by atoms with E-state index in [1.807, 2.05) is 6.07 Å². The lowest BCUT2D eigenvalue weighted by Crippen LogP contribution is -2.44. The number of imide groups is 1. The molecule has 0 aliphatic rings. The molecule has 2 amide bonds. The van der Waals surface area contributed by atoms with Gasteiger partial charge in [0.2, 0.25) is 5.95 Å². The monoisotopic (exact) mass is 374 g/mol. The predicted octanol–water partition coefficient (Wildman–Crippen LogP) is 4.34. The first-order valence-corrected chi connectivity index (χ1v) is 8.53. The zero-order valence-electron chi connectivity index (χ0n) is 16.5. The summed E-state index contributed by atoms with van der Waals surface area (Å²) in [6.07, 6.45) is -0.262. The van der Waals surface area contributed by atoms with E-state index in [0.29, 0.717) is 11.4 Å². The SMILES string of the molecule is CC(C)(C)OC(=O)N(C(=O)OC(C)(C)C)c1ncc(-c2cccc(N)c2)[nH]1. The molecule has 27 heavy (non-hydrogen) atoms. The largest absolute Gasteiger partial charge is 0.443 e. The summed E-state index contributed by atoms with van der Waals surface area (Å²) in [4.78, 5) is 33.1. The molecule has 0 saturated carbocycles. The van der Waals surface area contributed by atoms with Crippen molar-refractivity contribution in [2.24, 2.45) is 0 Å². The molecule has 2 aromatic rings. The van der Waals surface area contributed by atoms with Crippen LogP contribution in [0, 0.1) is 0 Å². The maximum atomic E-state index is 12.6. The smallest absolute Gasteiger partial charge is 0.427 e. The molecule has 0 aliphatic heterocycles. The van der Waals surface area contributed by atoms with Crippen LogP contribution in [0.15, 0.2) is 30.5 Å². The standard InChI is InChI=1S/C19H26N4O4/c1-18(2,3)26-16(24)23(17(25)27-19(4,5)6)15-21-11-14(22-15)12-8-7-9-13(20)10-12/h7-11H,20H2,1-6H3,(H,21,22). The summed E-state index contributed by atoms with van der Waals surface area (Å²) in [5.74, 6) is -0.00377. The van der Waals surface area contributed by atoms with Gasteiger partial charge in [0.25, 0.3) is 0 Å². The van der Waals surface area contributed by atoms with Crippen molar-refractivity contribution in [2.75, 3.05) is 10.6 Å². The van der Waals surface area contributed by atoms with Crippen LogP contribution in [0.5, 0.6) is 0 Å². The number of nitrogen functional groups attached to an aromatic ring is 1. The summed E-state index contributed by atoms with van der Waals surface area (Å²) >= 11 is 0. The molecule has 8 nitrogen and oxygen atoms in total. The van der Waals surface area contributed by atoms with Crippen molar-refractivity contribution in [1.82, 2.24) is 9.97 Å². The van der Waals surface area contributed by atoms with Crippen LogP contribution in [-0.2, 0) is 9.47 Å². The fourth-order valence-electron chi connectivity index (χ4n) is 2.14. The van der Waals surface area contributed by atoms with E-state index < -0.39 is 23.4 Å². The number of imidazole rings is 1. The van der Waals surface area contributed by atoms with Crippen molar-refractivity contribution >= 4 is 23.8 Å². The predicted molar refractivity (Wildman–Crippen MR) is 103 cm³/mol. The average molecular weight is 374 g/mol. The molecule has 0 aliphatic carbocycles. The van der Waals surface area contributed by atoms with Gasteiger partial charge in [0.05, 0.1) is 11.9 Å². The van der Waals surface area contributed by atoms with E-state index in [4.69, 9.17) is 15.2 Å². The van der Waals surface area contributed by atoms with E-state index >= 15 is 0 Å². The van der Waals surface area contributed by atoms with Crippen molar-refractivity contribution in [3.8, 4) is 11.3 Å². The molecule has 3 N–H and O–H groups in total. The van der Waals surface area contributed by atoms with Gasteiger partial charge in [-0.1, -0.05) is 12.1 Å². The fraction of sp³-hybridized carbons (Fsp3) is 0.421. The van der Waals surface area contributed by atoms with Crippen LogP contribution in [0.4, 0.5) is 21.2 Å². The molecule has 0 saturated heterocycles. The van der Waals surface area contributed by atoms with Crippen molar-refractivity contribution < 1.29 is 19.1 Å². The minimum Gasteiger partial charge on any atom is -0.443 e. The number of nitrogens with one attached hydrogen (secondary N) is 1. The second-order valence-electron chi connectivity index (χ2n) is 8.04. The zero-order valence-corrected chi connectivity index (χ0v) is 16.5. The highest BCUT2D eigenvalue weighted by atomic mass is 16.6. The Balaban J connectivity index is 2.38. The molecule has 2 rings (SSSR count). The number of H-pyrrole nitrogens is 1. The molecule has 0 atom stereocenters. The van der Waals surface area contributed by atoms with Crippen molar-refractivity contribution in [3.63, 3.8) is 0 Å². The first-order valence-electron chi connectivity index (χ1n) is 8.53. The topological polar surface area (TPSA) is 111 Å². The van der Waals surface area contributed by atoms with Gasteiger partial charge in [0, 0.05) is 11.3 Å².